The van der Waals surface area contributed by atoms with Gasteiger partial charge in [-0.2, -0.15) is 13.2 Å². The maximum atomic E-state index is 13.3. The van der Waals surface area contributed by atoms with E-state index in [0.717, 1.165) is 23.4 Å². The highest BCUT2D eigenvalue weighted by molar-refractivity contribution is 6.31. The molecule has 0 saturated heterocycles. The van der Waals surface area contributed by atoms with Crippen molar-refractivity contribution < 1.29 is 18.0 Å². The quantitative estimate of drug-likeness (QED) is 0.449. The lowest BCUT2D eigenvalue weighted by Gasteiger charge is -2.37. The zero-order valence-corrected chi connectivity index (χ0v) is 17.7. The predicted octanol–water partition coefficient (Wildman–Crippen LogP) is 6.39. The molecule has 0 spiro atoms. The second-order valence-electron chi connectivity index (χ2n) is 7.32. The lowest BCUT2D eigenvalue weighted by atomic mass is 9.89. The molecule has 0 unspecified atom stereocenters. The van der Waals surface area contributed by atoms with Gasteiger partial charge in [0.05, 0.1) is 22.3 Å². The highest BCUT2D eigenvalue weighted by atomic mass is 35.5. The first kappa shape index (κ1) is 21.7. The van der Waals surface area contributed by atoms with Gasteiger partial charge in [0, 0.05) is 29.7 Å². The zero-order chi connectivity index (χ0) is 22.2. The molecule has 1 amide bonds. The molecule has 3 aromatic rings. The molecule has 0 radical (unpaired) electrons. The molecule has 0 bridgehead atoms. The van der Waals surface area contributed by atoms with E-state index in [-0.39, 0.29) is 17.4 Å². The minimum absolute atomic E-state index is 0.0724. The molecule has 8 heteroatoms. The molecule has 3 nitrogen and oxygen atoms in total. The molecule has 31 heavy (non-hydrogen) atoms. The third-order valence-electron chi connectivity index (χ3n) is 5.40. The van der Waals surface area contributed by atoms with Crippen molar-refractivity contribution in [3.8, 4) is 0 Å². The lowest BCUT2D eigenvalue weighted by molar-refractivity contribution is -0.137. The normalized spacial score (nSPS) is 16.2. The van der Waals surface area contributed by atoms with E-state index in [1.54, 1.807) is 29.2 Å². The monoisotopic (exact) mass is 464 g/mol. The molecule has 0 N–H and O–H groups in total. The summed E-state index contributed by atoms with van der Waals surface area (Å²) < 4.78 is 38.9. The van der Waals surface area contributed by atoms with Gasteiger partial charge in [0.2, 0.25) is 0 Å². The van der Waals surface area contributed by atoms with Crippen LogP contribution in [-0.2, 0) is 19.0 Å². The van der Waals surface area contributed by atoms with Crippen molar-refractivity contribution in [2.75, 3.05) is 6.54 Å². The Morgan fingerprint density at radius 1 is 1.10 bits per heavy atom. The van der Waals surface area contributed by atoms with Crippen molar-refractivity contribution >= 4 is 29.1 Å². The van der Waals surface area contributed by atoms with Gasteiger partial charge in [-0.1, -0.05) is 47.5 Å². The van der Waals surface area contributed by atoms with Crippen molar-refractivity contribution in [2.24, 2.45) is 0 Å². The Morgan fingerprint density at radius 2 is 1.81 bits per heavy atom. The van der Waals surface area contributed by atoms with E-state index >= 15 is 0 Å². The Morgan fingerprint density at radius 3 is 2.48 bits per heavy atom. The molecular formula is C23H17Cl2F3N2O. The molecule has 0 fully saturated rings. The van der Waals surface area contributed by atoms with Crippen LogP contribution >= 0.6 is 23.2 Å². The summed E-state index contributed by atoms with van der Waals surface area (Å²) in [6, 6.07) is 14.8. The number of fused-ring (bicyclic) bond motifs is 1. The number of amides is 1. The molecule has 4 rings (SSSR count). The summed E-state index contributed by atoms with van der Waals surface area (Å²) in [7, 11) is 0. The summed E-state index contributed by atoms with van der Waals surface area (Å²) >= 11 is 12.1. The molecule has 1 aliphatic rings. The number of rotatable bonds is 3. The van der Waals surface area contributed by atoms with Gasteiger partial charge >= 0.3 is 6.18 Å². The zero-order valence-electron chi connectivity index (χ0n) is 16.2. The van der Waals surface area contributed by atoms with Gasteiger partial charge in [0.15, 0.2) is 0 Å². The van der Waals surface area contributed by atoms with Gasteiger partial charge < -0.3 is 4.90 Å². The van der Waals surface area contributed by atoms with Crippen molar-refractivity contribution in [1.82, 2.24) is 9.88 Å². The average molecular weight is 465 g/mol. The van der Waals surface area contributed by atoms with E-state index in [9.17, 15) is 18.0 Å². The Kier molecular flexibility index (Phi) is 5.95. The van der Waals surface area contributed by atoms with Crippen LogP contribution in [0.3, 0.4) is 0 Å². The van der Waals surface area contributed by atoms with Gasteiger partial charge in [0.1, 0.15) is 0 Å². The maximum Gasteiger partial charge on any atom is 0.417 e. The fourth-order valence-electron chi connectivity index (χ4n) is 3.83. The van der Waals surface area contributed by atoms with E-state index in [4.69, 9.17) is 23.2 Å². The van der Waals surface area contributed by atoms with Crippen LogP contribution in [0.5, 0.6) is 0 Å². The molecule has 1 atom stereocenters. The number of nitrogens with zero attached hydrogens (tertiary/aromatic N) is 2. The molecule has 1 aromatic heterocycles. The van der Waals surface area contributed by atoms with Crippen LogP contribution in [0.25, 0.3) is 0 Å². The average Bonchev–Trinajstić information content (AvgIpc) is 2.74. The van der Waals surface area contributed by atoms with Crippen molar-refractivity contribution in [2.45, 2.75) is 25.1 Å². The number of benzene rings is 2. The summed E-state index contributed by atoms with van der Waals surface area (Å²) in [6.07, 6.45) is -2.86. The van der Waals surface area contributed by atoms with Crippen LogP contribution in [0.15, 0.2) is 60.8 Å². The van der Waals surface area contributed by atoms with Gasteiger partial charge in [-0.3, -0.25) is 9.78 Å². The van der Waals surface area contributed by atoms with Gasteiger partial charge in [-0.05, 0) is 47.9 Å². The van der Waals surface area contributed by atoms with Crippen molar-refractivity contribution in [3.63, 3.8) is 0 Å². The van der Waals surface area contributed by atoms with Crippen LogP contribution in [-0.4, -0.2) is 22.3 Å². The summed E-state index contributed by atoms with van der Waals surface area (Å²) in [5.41, 5.74) is 1.93. The van der Waals surface area contributed by atoms with E-state index in [0.29, 0.717) is 29.2 Å². The molecule has 0 aliphatic carbocycles. The molecule has 1 aliphatic heterocycles. The second-order valence-corrected chi connectivity index (χ2v) is 8.17. The predicted molar refractivity (Wildman–Crippen MR) is 113 cm³/mol. The summed E-state index contributed by atoms with van der Waals surface area (Å²) in [5.74, 6) is -0.181. The van der Waals surface area contributed by atoms with E-state index < -0.39 is 17.8 Å². The minimum Gasteiger partial charge on any atom is -0.331 e. The molecule has 0 saturated carbocycles. The molecule has 2 heterocycles. The number of aromatic nitrogens is 1. The summed E-state index contributed by atoms with van der Waals surface area (Å²) in [6.45, 7) is 0.474. The highest BCUT2D eigenvalue weighted by Gasteiger charge is 2.34. The van der Waals surface area contributed by atoms with Gasteiger partial charge in [-0.15, -0.1) is 0 Å². The number of carbonyl (C=O) groups is 1. The summed E-state index contributed by atoms with van der Waals surface area (Å²) in [4.78, 5) is 19.0. The number of pyridine rings is 1. The number of hydrogen-bond acceptors (Lipinski definition) is 2. The van der Waals surface area contributed by atoms with E-state index in [1.165, 1.54) is 0 Å². The van der Waals surface area contributed by atoms with Crippen LogP contribution in [0.2, 0.25) is 10.0 Å². The van der Waals surface area contributed by atoms with Gasteiger partial charge in [-0.25, -0.2) is 0 Å². The molecular weight excluding hydrogens is 448 g/mol. The lowest BCUT2D eigenvalue weighted by Crippen LogP contribution is -2.41. The fraction of sp³-hybridized carbons (Fsp3) is 0.217. The van der Waals surface area contributed by atoms with Crippen LogP contribution in [0.4, 0.5) is 13.2 Å². The maximum absolute atomic E-state index is 13.3. The molecule has 2 aromatic carbocycles. The topological polar surface area (TPSA) is 33.2 Å². The standard InChI is InChI=1S/C23H17Cl2F3N2O/c24-17-7-5-15(6-8-17)22(31)30-10-9-14-3-1-2-4-18(14)21(30)12-20-19(25)11-16(13-29-20)23(26,27)28/h1-8,11,13,21H,9-10,12H2/t21-/m0/s1. The Bertz CT molecular complexity index is 1120. The Balaban J connectivity index is 1.70. The number of hydrogen-bond donors (Lipinski definition) is 0. The second kappa shape index (κ2) is 8.52. The third-order valence-corrected chi connectivity index (χ3v) is 5.98. The first-order valence-corrected chi connectivity index (χ1v) is 10.4. The van der Waals surface area contributed by atoms with Crippen molar-refractivity contribution in [1.29, 1.82) is 0 Å². The SMILES string of the molecule is O=C(c1ccc(Cl)cc1)N1CCc2ccccc2[C@@H]1Cc1ncc(C(F)(F)F)cc1Cl. The molecule has 160 valence electrons. The Hall–Kier alpha value is -2.57. The smallest absolute Gasteiger partial charge is 0.331 e. The highest BCUT2D eigenvalue weighted by Crippen LogP contribution is 2.36. The first-order chi connectivity index (χ1) is 14.7. The minimum atomic E-state index is -4.52. The summed E-state index contributed by atoms with van der Waals surface area (Å²) in [5, 5.41) is 0.453. The van der Waals surface area contributed by atoms with Crippen LogP contribution < -0.4 is 0 Å². The number of carbonyl (C=O) groups excluding carboxylic acids is 1. The van der Waals surface area contributed by atoms with Crippen LogP contribution in [0.1, 0.15) is 38.8 Å². The van der Waals surface area contributed by atoms with E-state index in [2.05, 4.69) is 4.98 Å². The first-order valence-electron chi connectivity index (χ1n) is 9.60. The number of alkyl halides is 3. The largest absolute Gasteiger partial charge is 0.417 e. The van der Waals surface area contributed by atoms with Crippen molar-refractivity contribution in [3.05, 3.63) is 98.8 Å². The third kappa shape index (κ3) is 4.55. The Labute approximate surface area is 187 Å². The van der Waals surface area contributed by atoms with Gasteiger partial charge in [0.25, 0.3) is 5.91 Å². The van der Waals surface area contributed by atoms with Crippen LogP contribution in [0, 0.1) is 0 Å². The number of halogens is 5. The fourth-order valence-corrected chi connectivity index (χ4v) is 4.20. The van der Waals surface area contributed by atoms with E-state index in [1.807, 2.05) is 24.3 Å².